The molecule has 0 amide bonds. The average Bonchev–Trinajstić information content (AvgIpc) is 2.41. The third-order valence-corrected chi connectivity index (χ3v) is 2.41. The average molecular weight is 224 g/mol. The van der Waals surface area contributed by atoms with Crippen LogP contribution in [0.5, 0.6) is 0 Å². The molecule has 2 rings (SSSR count). The van der Waals surface area contributed by atoms with Crippen LogP contribution in [-0.4, -0.2) is 12.9 Å². The number of nitrogens with one attached hydrogen (secondary N) is 1. The van der Waals surface area contributed by atoms with E-state index in [-0.39, 0.29) is 0 Å². The van der Waals surface area contributed by atoms with E-state index in [1.54, 1.807) is 0 Å². The van der Waals surface area contributed by atoms with Crippen LogP contribution in [0, 0.1) is 0 Å². The molecule has 2 aromatic rings. The maximum absolute atomic E-state index is 4.32. The smallest absolute Gasteiger partial charge is 0.0887 e. The predicted octanol–water partition coefficient (Wildman–Crippen LogP) is 2.85. The van der Waals surface area contributed by atoms with Crippen molar-refractivity contribution in [2.45, 2.75) is 6.54 Å². The molecule has 0 heterocycles. The lowest BCUT2D eigenvalue weighted by atomic mass is 10.2. The Morgan fingerprint density at radius 1 is 0.882 bits per heavy atom. The number of rotatable bonds is 5. The van der Waals surface area contributed by atoms with Gasteiger partial charge in [-0.1, -0.05) is 60.7 Å². The summed E-state index contributed by atoms with van der Waals surface area (Å²) in [6.07, 6.45) is 1.89. The quantitative estimate of drug-likeness (QED) is 0.613. The molecule has 2 nitrogen and oxygen atoms in total. The van der Waals surface area contributed by atoms with Crippen molar-refractivity contribution in [1.82, 2.24) is 5.32 Å². The minimum Gasteiger partial charge on any atom is -0.294 e. The fraction of sp³-hybridized carbons (Fsp3) is 0.133. The second-order valence-electron chi connectivity index (χ2n) is 3.79. The summed E-state index contributed by atoms with van der Waals surface area (Å²) in [7, 11) is 0. The summed E-state index contributed by atoms with van der Waals surface area (Å²) >= 11 is 0. The Labute approximate surface area is 102 Å². The zero-order valence-corrected chi connectivity index (χ0v) is 9.71. The first-order valence-corrected chi connectivity index (χ1v) is 5.75. The number of nitrogens with zero attached hydrogens (tertiary/aromatic N) is 1. The zero-order chi connectivity index (χ0) is 11.8. The molecular weight excluding hydrogens is 208 g/mol. The Kier molecular flexibility index (Phi) is 4.49. The first kappa shape index (κ1) is 11.6. The van der Waals surface area contributed by atoms with E-state index < -0.39 is 0 Å². The Hall–Kier alpha value is -1.93. The molecule has 1 N–H and O–H groups in total. The molecule has 0 bridgehead atoms. The molecule has 0 spiro atoms. The first-order chi connectivity index (χ1) is 8.45. The highest BCUT2D eigenvalue weighted by atomic mass is 15.0. The Balaban J connectivity index is 1.72. The lowest BCUT2D eigenvalue weighted by molar-refractivity contribution is 0.712. The largest absolute Gasteiger partial charge is 0.294 e. The van der Waals surface area contributed by atoms with Gasteiger partial charge < -0.3 is 0 Å². The summed E-state index contributed by atoms with van der Waals surface area (Å²) in [5.41, 5.74) is 2.41. The van der Waals surface area contributed by atoms with Crippen molar-refractivity contribution >= 4 is 6.21 Å². The summed E-state index contributed by atoms with van der Waals surface area (Å²) < 4.78 is 0. The molecule has 0 saturated heterocycles. The normalized spacial score (nSPS) is 10.8. The van der Waals surface area contributed by atoms with Crippen molar-refractivity contribution in [2.75, 3.05) is 6.67 Å². The van der Waals surface area contributed by atoms with Gasteiger partial charge in [0.25, 0.3) is 0 Å². The highest BCUT2D eigenvalue weighted by Crippen LogP contribution is 1.97. The molecule has 0 atom stereocenters. The molecule has 0 aliphatic heterocycles. The second-order valence-corrected chi connectivity index (χ2v) is 3.79. The minimum atomic E-state index is 0.643. The monoisotopic (exact) mass is 224 g/mol. The van der Waals surface area contributed by atoms with Crippen molar-refractivity contribution in [3.05, 3.63) is 71.8 Å². The number of hydrogen-bond donors (Lipinski definition) is 1. The highest BCUT2D eigenvalue weighted by molar-refractivity contribution is 5.79. The summed E-state index contributed by atoms with van der Waals surface area (Å²) in [6, 6.07) is 20.4. The van der Waals surface area contributed by atoms with Gasteiger partial charge in [-0.3, -0.25) is 10.3 Å². The van der Waals surface area contributed by atoms with Crippen molar-refractivity contribution in [2.24, 2.45) is 4.99 Å². The van der Waals surface area contributed by atoms with E-state index in [2.05, 4.69) is 22.4 Å². The molecule has 17 heavy (non-hydrogen) atoms. The molecule has 0 radical (unpaired) electrons. The van der Waals surface area contributed by atoms with Crippen molar-refractivity contribution in [1.29, 1.82) is 0 Å². The Morgan fingerprint density at radius 3 is 2.24 bits per heavy atom. The zero-order valence-electron chi connectivity index (χ0n) is 9.71. The molecule has 0 aliphatic carbocycles. The van der Waals surface area contributed by atoms with Crippen LogP contribution in [0.25, 0.3) is 0 Å². The molecule has 86 valence electrons. The van der Waals surface area contributed by atoms with Crippen LogP contribution in [0.3, 0.4) is 0 Å². The standard InChI is InChI=1S/C15H16N2/c1-3-7-14(8-4-1)11-16-13-17-12-15-9-5-2-6-10-15/h1-11,17H,12-13H2/b16-11+. The van der Waals surface area contributed by atoms with Crippen molar-refractivity contribution in [3.8, 4) is 0 Å². The van der Waals surface area contributed by atoms with Crippen molar-refractivity contribution in [3.63, 3.8) is 0 Å². The van der Waals surface area contributed by atoms with E-state index in [1.807, 2.05) is 54.7 Å². The Morgan fingerprint density at radius 2 is 1.53 bits per heavy atom. The van der Waals surface area contributed by atoms with E-state index in [4.69, 9.17) is 0 Å². The van der Waals surface area contributed by atoms with Crippen LogP contribution < -0.4 is 5.32 Å². The summed E-state index contributed by atoms with van der Waals surface area (Å²) in [4.78, 5) is 4.32. The number of benzene rings is 2. The molecule has 0 fully saturated rings. The summed E-state index contributed by atoms with van der Waals surface area (Å²) in [5.74, 6) is 0. The second kappa shape index (κ2) is 6.61. The predicted molar refractivity (Wildman–Crippen MR) is 72.2 cm³/mol. The summed E-state index contributed by atoms with van der Waals surface area (Å²) in [5, 5.41) is 3.27. The van der Waals surface area contributed by atoms with Gasteiger partial charge >= 0.3 is 0 Å². The fourth-order valence-corrected chi connectivity index (χ4v) is 1.55. The summed E-state index contributed by atoms with van der Waals surface area (Å²) in [6.45, 7) is 1.50. The highest BCUT2D eigenvalue weighted by Gasteiger charge is 1.88. The van der Waals surface area contributed by atoms with E-state index >= 15 is 0 Å². The van der Waals surface area contributed by atoms with Crippen LogP contribution in [0.1, 0.15) is 11.1 Å². The maximum atomic E-state index is 4.32. The molecule has 0 aromatic heterocycles. The van der Waals surface area contributed by atoms with Gasteiger partial charge in [0.2, 0.25) is 0 Å². The SMILES string of the molecule is C(=N\CNCc1ccccc1)/c1ccccc1. The number of hydrogen-bond acceptors (Lipinski definition) is 2. The lowest BCUT2D eigenvalue weighted by Crippen LogP contribution is -2.12. The molecule has 0 saturated carbocycles. The van der Waals surface area contributed by atoms with Gasteiger partial charge in [-0.05, 0) is 11.1 Å². The molecule has 0 aliphatic rings. The van der Waals surface area contributed by atoms with E-state index in [9.17, 15) is 0 Å². The first-order valence-electron chi connectivity index (χ1n) is 5.75. The van der Waals surface area contributed by atoms with Gasteiger partial charge in [0, 0.05) is 12.8 Å². The van der Waals surface area contributed by atoms with E-state index in [1.165, 1.54) is 5.56 Å². The van der Waals surface area contributed by atoms with Gasteiger partial charge in [-0.2, -0.15) is 0 Å². The van der Waals surface area contributed by atoms with Crippen LogP contribution in [0.15, 0.2) is 65.7 Å². The Bertz CT molecular complexity index is 449. The van der Waals surface area contributed by atoms with Gasteiger partial charge in [0.1, 0.15) is 0 Å². The van der Waals surface area contributed by atoms with E-state index in [0.29, 0.717) is 6.67 Å². The fourth-order valence-electron chi connectivity index (χ4n) is 1.55. The molecule has 2 heteroatoms. The minimum absolute atomic E-state index is 0.643. The van der Waals surface area contributed by atoms with Crippen LogP contribution in [-0.2, 0) is 6.54 Å². The maximum Gasteiger partial charge on any atom is 0.0887 e. The molecular formula is C15H16N2. The lowest BCUT2D eigenvalue weighted by Gasteiger charge is -2.00. The van der Waals surface area contributed by atoms with Gasteiger partial charge in [0.15, 0.2) is 0 Å². The van der Waals surface area contributed by atoms with E-state index in [0.717, 1.165) is 12.1 Å². The topological polar surface area (TPSA) is 24.4 Å². The van der Waals surface area contributed by atoms with Gasteiger partial charge in [-0.25, -0.2) is 0 Å². The molecule has 2 aromatic carbocycles. The molecule has 0 unspecified atom stereocenters. The van der Waals surface area contributed by atoms with Crippen LogP contribution in [0.2, 0.25) is 0 Å². The third kappa shape index (κ3) is 4.21. The van der Waals surface area contributed by atoms with Gasteiger partial charge in [0.05, 0.1) is 6.67 Å². The van der Waals surface area contributed by atoms with Crippen molar-refractivity contribution < 1.29 is 0 Å². The van der Waals surface area contributed by atoms with Crippen LogP contribution >= 0.6 is 0 Å². The third-order valence-electron chi connectivity index (χ3n) is 2.41. The van der Waals surface area contributed by atoms with Gasteiger partial charge in [-0.15, -0.1) is 0 Å². The number of aliphatic imine (C=N–C) groups is 1. The van der Waals surface area contributed by atoms with Crippen LogP contribution in [0.4, 0.5) is 0 Å².